The molecule has 0 bridgehead atoms. The van der Waals surface area contributed by atoms with Crippen LogP contribution in [0.4, 0.5) is 0 Å². The van der Waals surface area contributed by atoms with Crippen molar-refractivity contribution in [3.63, 3.8) is 0 Å². The largest absolute Gasteiger partial charge is 0.393 e. The van der Waals surface area contributed by atoms with E-state index in [-0.39, 0.29) is 0 Å². The maximum absolute atomic E-state index is 5.55. The standard InChI is InChI=1S/C11H22N2OS/c1-9(2)14-8-7-13(10-3-4-10)6-5-11(12)15/h9-10H,3-8H2,1-2H3,(H2,12,15). The number of nitrogens with zero attached hydrogens (tertiary/aromatic N) is 1. The minimum Gasteiger partial charge on any atom is -0.393 e. The summed E-state index contributed by atoms with van der Waals surface area (Å²) in [5, 5.41) is 0. The Bertz CT molecular complexity index is 205. The van der Waals surface area contributed by atoms with Crippen molar-refractivity contribution >= 4 is 17.2 Å². The van der Waals surface area contributed by atoms with E-state index in [1.165, 1.54) is 12.8 Å². The Kier molecular flexibility index (Phi) is 5.50. The molecule has 1 rings (SSSR count). The van der Waals surface area contributed by atoms with Crippen LogP contribution < -0.4 is 5.73 Å². The molecule has 0 radical (unpaired) electrons. The van der Waals surface area contributed by atoms with Crippen molar-refractivity contribution < 1.29 is 4.74 Å². The van der Waals surface area contributed by atoms with Gasteiger partial charge in [0.1, 0.15) is 0 Å². The second kappa shape index (κ2) is 6.40. The molecule has 88 valence electrons. The summed E-state index contributed by atoms with van der Waals surface area (Å²) in [5.41, 5.74) is 5.51. The topological polar surface area (TPSA) is 38.5 Å². The van der Waals surface area contributed by atoms with E-state index in [9.17, 15) is 0 Å². The predicted molar refractivity (Wildman–Crippen MR) is 67.1 cm³/mol. The molecule has 0 atom stereocenters. The van der Waals surface area contributed by atoms with E-state index in [1.54, 1.807) is 0 Å². The highest BCUT2D eigenvalue weighted by molar-refractivity contribution is 7.80. The lowest BCUT2D eigenvalue weighted by atomic mass is 10.3. The van der Waals surface area contributed by atoms with Crippen LogP contribution in [0, 0.1) is 0 Å². The molecule has 0 spiro atoms. The van der Waals surface area contributed by atoms with Crippen LogP contribution in [0.2, 0.25) is 0 Å². The van der Waals surface area contributed by atoms with E-state index < -0.39 is 0 Å². The Labute approximate surface area is 98.0 Å². The number of rotatable bonds is 8. The molecule has 0 amide bonds. The van der Waals surface area contributed by atoms with Crippen molar-refractivity contribution in [3.05, 3.63) is 0 Å². The molecule has 2 N–H and O–H groups in total. The number of thiocarbonyl (C=S) groups is 1. The van der Waals surface area contributed by atoms with Crippen LogP contribution in [-0.2, 0) is 4.74 Å². The van der Waals surface area contributed by atoms with Crippen LogP contribution in [0.3, 0.4) is 0 Å². The van der Waals surface area contributed by atoms with Gasteiger partial charge in [-0.2, -0.15) is 0 Å². The maximum atomic E-state index is 5.55. The molecule has 0 heterocycles. The van der Waals surface area contributed by atoms with E-state index in [4.69, 9.17) is 22.7 Å². The number of ether oxygens (including phenoxy) is 1. The summed E-state index contributed by atoms with van der Waals surface area (Å²) < 4.78 is 5.55. The summed E-state index contributed by atoms with van der Waals surface area (Å²) >= 11 is 4.89. The lowest BCUT2D eigenvalue weighted by molar-refractivity contribution is 0.0578. The fraction of sp³-hybridized carbons (Fsp3) is 0.909. The van der Waals surface area contributed by atoms with Gasteiger partial charge in [-0.15, -0.1) is 0 Å². The van der Waals surface area contributed by atoms with Gasteiger partial charge in [0, 0.05) is 25.6 Å². The molecule has 0 aliphatic heterocycles. The first-order chi connectivity index (χ1) is 7.09. The zero-order valence-corrected chi connectivity index (χ0v) is 10.6. The quantitative estimate of drug-likeness (QED) is 0.642. The van der Waals surface area contributed by atoms with E-state index >= 15 is 0 Å². The Morgan fingerprint density at radius 2 is 2.13 bits per heavy atom. The van der Waals surface area contributed by atoms with Gasteiger partial charge in [-0.25, -0.2) is 0 Å². The molecule has 1 saturated carbocycles. The second-order valence-electron chi connectivity index (χ2n) is 4.40. The first-order valence-electron chi connectivity index (χ1n) is 5.73. The second-order valence-corrected chi connectivity index (χ2v) is 4.93. The Hall–Kier alpha value is -0.190. The molecule has 4 heteroatoms. The van der Waals surface area contributed by atoms with Gasteiger partial charge in [-0.05, 0) is 26.7 Å². The van der Waals surface area contributed by atoms with E-state index in [0.29, 0.717) is 11.1 Å². The molecular formula is C11H22N2OS. The van der Waals surface area contributed by atoms with Gasteiger partial charge in [0.2, 0.25) is 0 Å². The molecule has 1 aliphatic rings. The fourth-order valence-corrected chi connectivity index (χ4v) is 1.67. The third-order valence-corrected chi connectivity index (χ3v) is 2.74. The average molecular weight is 230 g/mol. The molecule has 0 saturated heterocycles. The van der Waals surface area contributed by atoms with Crippen LogP contribution >= 0.6 is 12.2 Å². The zero-order valence-electron chi connectivity index (χ0n) is 9.74. The number of nitrogens with two attached hydrogens (primary N) is 1. The highest BCUT2D eigenvalue weighted by atomic mass is 32.1. The first kappa shape index (κ1) is 12.9. The Morgan fingerprint density at radius 1 is 1.47 bits per heavy atom. The van der Waals surface area contributed by atoms with Crippen LogP contribution in [0.5, 0.6) is 0 Å². The van der Waals surface area contributed by atoms with Gasteiger partial charge in [0.25, 0.3) is 0 Å². The van der Waals surface area contributed by atoms with E-state index in [1.807, 2.05) is 0 Å². The average Bonchev–Trinajstić information content (AvgIpc) is 2.93. The van der Waals surface area contributed by atoms with Gasteiger partial charge in [0.15, 0.2) is 0 Å². The smallest absolute Gasteiger partial charge is 0.0740 e. The van der Waals surface area contributed by atoms with Gasteiger partial charge in [0.05, 0.1) is 17.7 Å². The predicted octanol–water partition coefficient (Wildman–Crippen LogP) is 1.55. The van der Waals surface area contributed by atoms with Crippen molar-refractivity contribution in [1.82, 2.24) is 4.90 Å². The minimum atomic E-state index is 0.321. The van der Waals surface area contributed by atoms with Crippen LogP contribution in [0.15, 0.2) is 0 Å². The van der Waals surface area contributed by atoms with Crippen molar-refractivity contribution in [2.75, 3.05) is 19.7 Å². The maximum Gasteiger partial charge on any atom is 0.0740 e. The lowest BCUT2D eigenvalue weighted by Gasteiger charge is -2.22. The van der Waals surface area contributed by atoms with Crippen LogP contribution in [0.25, 0.3) is 0 Å². The van der Waals surface area contributed by atoms with Crippen LogP contribution in [0.1, 0.15) is 33.1 Å². The number of hydrogen-bond acceptors (Lipinski definition) is 3. The molecule has 0 aromatic carbocycles. The van der Waals surface area contributed by atoms with Crippen molar-refractivity contribution in [3.8, 4) is 0 Å². The van der Waals surface area contributed by atoms with Gasteiger partial charge < -0.3 is 10.5 Å². The molecular weight excluding hydrogens is 208 g/mol. The summed E-state index contributed by atoms with van der Waals surface area (Å²) in [6.45, 7) is 6.94. The first-order valence-corrected chi connectivity index (χ1v) is 6.14. The van der Waals surface area contributed by atoms with Gasteiger partial charge in [-0.1, -0.05) is 12.2 Å². The molecule has 0 aromatic heterocycles. The molecule has 1 aliphatic carbocycles. The lowest BCUT2D eigenvalue weighted by Crippen LogP contribution is -2.33. The van der Waals surface area contributed by atoms with Crippen molar-refractivity contribution in [1.29, 1.82) is 0 Å². The number of hydrogen-bond donors (Lipinski definition) is 1. The van der Waals surface area contributed by atoms with Crippen molar-refractivity contribution in [2.24, 2.45) is 5.73 Å². The summed E-state index contributed by atoms with van der Waals surface area (Å²) in [6.07, 6.45) is 3.78. The van der Waals surface area contributed by atoms with Gasteiger partial charge >= 0.3 is 0 Å². The fourth-order valence-electron chi connectivity index (χ4n) is 1.58. The molecule has 15 heavy (non-hydrogen) atoms. The summed E-state index contributed by atoms with van der Waals surface area (Å²) in [6, 6.07) is 0.759. The summed E-state index contributed by atoms with van der Waals surface area (Å²) in [7, 11) is 0. The van der Waals surface area contributed by atoms with Crippen LogP contribution in [-0.4, -0.2) is 41.7 Å². The SMILES string of the molecule is CC(C)OCCN(CCC(N)=S)C1CC1. The van der Waals surface area contributed by atoms with E-state index in [2.05, 4.69) is 18.7 Å². The van der Waals surface area contributed by atoms with Crippen molar-refractivity contribution in [2.45, 2.75) is 45.3 Å². The van der Waals surface area contributed by atoms with E-state index in [0.717, 1.165) is 32.2 Å². The molecule has 0 unspecified atom stereocenters. The third kappa shape index (κ3) is 6.07. The summed E-state index contributed by atoms with van der Waals surface area (Å²) in [5.74, 6) is 0. The normalized spacial score (nSPS) is 16.3. The highest BCUT2D eigenvalue weighted by Crippen LogP contribution is 2.26. The Morgan fingerprint density at radius 3 is 2.60 bits per heavy atom. The Balaban J connectivity index is 2.15. The minimum absolute atomic E-state index is 0.321. The molecule has 3 nitrogen and oxygen atoms in total. The highest BCUT2D eigenvalue weighted by Gasteiger charge is 2.28. The molecule has 0 aromatic rings. The summed E-state index contributed by atoms with van der Waals surface area (Å²) in [4.78, 5) is 3.06. The monoisotopic (exact) mass is 230 g/mol. The molecule has 1 fully saturated rings. The third-order valence-electron chi connectivity index (χ3n) is 2.54. The zero-order chi connectivity index (χ0) is 11.3. The van der Waals surface area contributed by atoms with Gasteiger partial charge in [-0.3, -0.25) is 4.90 Å².